The molecule has 2 amide bonds. The standard InChI is InChI=1S/C22H18Cl3N5O2/c1-30(2)20(26)12-3-5-13(6-4-12)21(31)29-19-16(9-15(24)10-17(19)25)22(32)28-18-8-7-14(23)11-27-18/h3-11,26H,1-2H3,(H,29,31)(H,27,28,32). The van der Waals surface area contributed by atoms with Gasteiger partial charge in [0.15, 0.2) is 0 Å². The Morgan fingerprint density at radius 1 is 0.875 bits per heavy atom. The van der Waals surface area contributed by atoms with Crippen LogP contribution >= 0.6 is 34.8 Å². The van der Waals surface area contributed by atoms with Crippen LogP contribution in [0.1, 0.15) is 26.3 Å². The molecule has 10 heteroatoms. The van der Waals surface area contributed by atoms with Gasteiger partial charge in [-0.25, -0.2) is 4.98 Å². The molecule has 3 aromatic rings. The molecule has 0 aliphatic heterocycles. The number of aromatic nitrogens is 1. The zero-order valence-corrected chi connectivity index (χ0v) is 19.3. The lowest BCUT2D eigenvalue weighted by Gasteiger charge is -2.15. The second-order valence-electron chi connectivity index (χ2n) is 6.90. The van der Waals surface area contributed by atoms with Crippen molar-refractivity contribution in [3.05, 3.63) is 86.5 Å². The van der Waals surface area contributed by atoms with Gasteiger partial charge in [0.1, 0.15) is 11.7 Å². The summed E-state index contributed by atoms with van der Waals surface area (Å²) >= 11 is 18.2. The first-order chi connectivity index (χ1) is 15.2. The van der Waals surface area contributed by atoms with Crippen molar-refractivity contribution in [3.63, 3.8) is 0 Å². The van der Waals surface area contributed by atoms with Crippen LogP contribution in [0.5, 0.6) is 0 Å². The highest BCUT2D eigenvalue weighted by Crippen LogP contribution is 2.31. The highest BCUT2D eigenvalue weighted by atomic mass is 35.5. The van der Waals surface area contributed by atoms with Crippen molar-refractivity contribution in [2.75, 3.05) is 24.7 Å². The van der Waals surface area contributed by atoms with Crippen LogP contribution in [0.2, 0.25) is 15.1 Å². The summed E-state index contributed by atoms with van der Waals surface area (Å²) in [7, 11) is 3.52. The Labute approximate surface area is 199 Å². The molecule has 0 radical (unpaired) electrons. The molecule has 3 rings (SSSR count). The van der Waals surface area contributed by atoms with Crippen LogP contribution in [0, 0.1) is 5.41 Å². The van der Waals surface area contributed by atoms with E-state index in [-0.39, 0.29) is 27.1 Å². The Bertz CT molecular complexity index is 1180. The summed E-state index contributed by atoms with van der Waals surface area (Å²) < 4.78 is 0. The van der Waals surface area contributed by atoms with Crippen LogP contribution in [-0.4, -0.2) is 41.6 Å². The van der Waals surface area contributed by atoms with E-state index in [0.29, 0.717) is 22.0 Å². The van der Waals surface area contributed by atoms with E-state index in [1.165, 1.54) is 24.4 Å². The number of hydrogen-bond donors (Lipinski definition) is 3. The molecule has 3 N–H and O–H groups in total. The number of pyridine rings is 1. The quantitative estimate of drug-likeness (QED) is 0.328. The lowest BCUT2D eigenvalue weighted by atomic mass is 10.1. The molecule has 1 aromatic heterocycles. The summed E-state index contributed by atoms with van der Waals surface area (Å²) in [5, 5.41) is 14.1. The van der Waals surface area contributed by atoms with Gasteiger partial charge in [0.25, 0.3) is 11.8 Å². The summed E-state index contributed by atoms with van der Waals surface area (Å²) in [5.74, 6) is -0.454. The third kappa shape index (κ3) is 5.56. The van der Waals surface area contributed by atoms with Gasteiger partial charge in [-0.15, -0.1) is 0 Å². The van der Waals surface area contributed by atoms with Crippen LogP contribution in [-0.2, 0) is 0 Å². The van der Waals surface area contributed by atoms with E-state index in [0.717, 1.165) is 0 Å². The Balaban J connectivity index is 1.86. The number of benzene rings is 2. The third-order valence-electron chi connectivity index (χ3n) is 4.37. The molecule has 0 spiro atoms. The number of nitrogens with zero attached hydrogens (tertiary/aromatic N) is 2. The molecular formula is C22H18Cl3N5O2. The average Bonchev–Trinajstić information content (AvgIpc) is 2.76. The maximum atomic E-state index is 12.8. The molecule has 0 aliphatic rings. The third-order valence-corrected chi connectivity index (χ3v) is 5.11. The van der Waals surface area contributed by atoms with E-state index in [4.69, 9.17) is 40.2 Å². The maximum absolute atomic E-state index is 12.8. The zero-order chi connectivity index (χ0) is 23.4. The normalized spacial score (nSPS) is 10.4. The van der Waals surface area contributed by atoms with Gasteiger partial charge < -0.3 is 15.5 Å². The van der Waals surface area contributed by atoms with Crippen LogP contribution in [0.3, 0.4) is 0 Å². The van der Waals surface area contributed by atoms with Crippen molar-refractivity contribution in [2.24, 2.45) is 0 Å². The largest absolute Gasteiger partial charge is 0.363 e. The maximum Gasteiger partial charge on any atom is 0.259 e. The van der Waals surface area contributed by atoms with Crippen molar-refractivity contribution in [3.8, 4) is 0 Å². The first-order valence-electron chi connectivity index (χ1n) is 9.25. The van der Waals surface area contributed by atoms with Crippen molar-refractivity contribution >= 4 is 64.0 Å². The molecule has 2 aromatic carbocycles. The van der Waals surface area contributed by atoms with Crippen LogP contribution in [0.4, 0.5) is 11.5 Å². The van der Waals surface area contributed by atoms with Crippen LogP contribution in [0.25, 0.3) is 0 Å². The summed E-state index contributed by atoms with van der Waals surface area (Å²) in [4.78, 5) is 31.3. The zero-order valence-electron chi connectivity index (χ0n) is 17.0. The molecule has 0 atom stereocenters. The van der Waals surface area contributed by atoms with Gasteiger partial charge in [0, 0.05) is 36.4 Å². The monoisotopic (exact) mass is 489 g/mol. The lowest BCUT2D eigenvalue weighted by molar-refractivity contribution is 0.102. The van der Waals surface area contributed by atoms with E-state index in [1.807, 2.05) is 0 Å². The number of halogens is 3. The van der Waals surface area contributed by atoms with Gasteiger partial charge in [-0.1, -0.05) is 46.9 Å². The molecular weight excluding hydrogens is 473 g/mol. The molecule has 0 saturated heterocycles. The molecule has 0 fully saturated rings. The Kier molecular flexibility index (Phi) is 7.35. The fourth-order valence-electron chi connectivity index (χ4n) is 2.74. The topological polar surface area (TPSA) is 98.2 Å². The summed E-state index contributed by atoms with van der Waals surface area (Å²) in [5.41, 5.74) is 1.17. The molecule has 164 valence electrons. The summed E-state index contributed by atoms with van der Waals surface area (Å²) in [6, 6.07) is 12.5. The van der Waals surface area contributed by atoms with Gasteiger partial charge in [-0.3, -0.25) is 15.0 Å². The Hall–Kier alpha value is -3.13. The predicted octanol–water partition coefficient (Wildman–Crippen LogP) is 5.43. The first kappa shape index (κ1) is 23.5. The number of hydrogen-bond acceptors (Lipinski definition) is 4. The number of anilines is 2. The number of rotatable bonds is 5. The molecule has 0 bridgehead atoms. The molecule has 0 saturated carbocycles. The minimum atomic E-state index is -0.561. The number of amides is 2. The highest BCUT2D eigenvalue weighted by Gasteiger charge is 2.19. The number of carbonyl (C=O) groups excluding carboxylic acids is 2. The number of nitrogens with one attached hydrogen (secondary N) is 3. The van der Waals surface area contributed by atoms with Gasteiger partial charge in [-0.2, -0.15) is 0 Å². The summed E-state index contributed by atoms with van der Waals surface area (Å²) in [6.45, 7) is 0. The van der Waals surface area contributed by atoms with E-state index >= 15 is 0 Å². The van der Waals surface area contributed by atoms with E-state index in [1.54, 1.807) is 49.3 Å². The molecule has 0 aliphatic carbocycles. The van der Waals surface area contributed by atoms with Crippen molar-refractivity contribution in [1.29, 1.82) is 5.41 Å². The van der Waals surface area contributed by atoms with Crippen molar-refractivity contribution < 1.29 is 9.59 Å². The SMILES string of the molecule is CN(C)C(=N)c1ccc(C(=O)Nc2c(Cl)cc(Cl)cc2C(=O)Nc2ccc(Cl)cn2)cc1. The molecule has 1 heterocycles. The van der Waals surface area contributed by atoms with Crippen molar-refractivity contribution in [2.45, 2.75) is 0 Å². The van der Waals surface area contributed by atoms with Gasteiger partial charge >= 0.3 is 0 Å². The molecule has 32 heavy (non-hydrogen) atoms. The second kappa shape index (κ2) is 9.99. The lowest BCUT2D eigenvalue weighted by Crippen LogP contribution is -2.22. The van der Waals surface area contributed by atoms with Gasteiger partial charge in [0.05, 0.1) is 21.3 Å². The first-order valence-corrected chi connectivity index (χ1v) is 10.4. The van der Waals surface area contributed by atoms with Gasteiger partial charge in [0.2, 0.25) is 0 Å². The minimum Gasteiger partial charge on any atom is -0.363 e. The van der Waals surface area contributed by atoms with Crippen molar-refractivity contribution in [1.82, 2.24) is 9.88 Å². The van der Waals surface area contributed by atoms with Crippen LogP contribution in [0.15, 0.2) is 54.7 Å². The second-order valence-corrected chi connectivity index (χ2v) is 8.18. The number of amidine groups is 1. The minimum absolute atomic E-state index is 0.0682. The van der Waals surface area contributed by atoms with E-state index < -0.39 is 11.8 Å². The predicted molar refractivity (Wildman–Crippen MR) is 129 cm³/mol. The van der Waals surface area contributed by atoms with Crippen LogP contribution < -0.4 is 10.6 Å². The smallest absolute Gasteiger partial charge is 0.259 e. The van der Waals surface area contributed by atoms with E-state index in [2.05, 4.69) is 15.6 Å². The number of carbonyl (C=O) groups is 2. The molecule has 7 nitrogen and oxygen atoms in total. The molecule has 0 unspecified atom stereocenters. The van der Waals surface area contributed by atoms with Gasteiger partial charge in [-0.05, 0) is 36.4 Å². The summed E-state index contributed by atoms with van der Waals surface area (Å²) in [6.07, 6.45) is 1.39. The van der Waals surface area contributed by atoms with E-state index in [9.17, 15) is 9.59 Å². The fourth-order valence-corrected chi connectivity index (χ4v) is 3.39. The highest BCUT2D eigenvalue weighted by molar-refractivity contribution is 6.38. The Morgan fingerprint density at radius 3 is 2.12 bits per heavy atom. The Morgan fingerprint density at radius 2 is 1.53 bits per heavy atom. The fraction of sp³-hybridized carbons (Fsp3) is 0.0909. The average molecular weight is 491 g/mol.